The van der Waals surface area contributed by atoms with Crippen molar-refractivity contribution in [3.05, 3.63) is 65.5 Å². The fourth-order valence-electron chi connectivity index (χ4n) is 1.73. The van der Waals surface area contributed by atoms with Gasteiger partial charge >= 0.3 is 5.97 Å². The van der Waals surface area contributed by atoms with Gasteiger partial charge in [0.2, 0.25) is 10.0 Å². The number of carboxylic acid groups (broad SMARTS) is 1. The Labute approximate surface area is 121 Å². The average Bonchev–Trinajstić information content (AvgIpc) is 2.38. The Balaban J connectivity index is 2.12. The summed E-state index contributed by atoms with van der Waals surface area (Å²) in [5, 5.41) is 8.76. The van der Waals surface area contributed by atoms with Crippen molar-refractivity contribution in [2.75, 3.05) is 4.72 Å². The van der Waals surface area contributed by atoms with Crippen LogP contribution in [-0.2, 0) is 15.8 Å². The van der Waals surface area contributed by atoms with Crippen molar-refractivity contribution in [3.8, 4) is 0 Å². The lowest BCUT2D eigenvalue weighted by Gasteiger charge is -2.08. The largest absolute Gasteiger partial charge is 0.478 e. The van der Waals surface area contributed by atoms with E-state index < -0.39 is 21.8 Å². The van der Waals surface area contributed by atoms with Crippen LogP contribution in [-0.4, -0.2) is 19.5 Å². The van der Waals surface area contributed by atoms with E-state index in [0.717, 1.165) is 6.07 Å². The lowest BCUT2D eigenvalue weighted by molar-refractivity contribution is 0.0697. The molecule has 2 N–H and O–H groups in total. The van der Waals surface area contributed by atoms with Crippen molar-refractivity contribution in [2.45, 2.75) is 5.75 Å². The Morgan fingerprint density at radius 2 is 1.81 bits per heavy atom. The van der Waals surface area contributed by atoms with Gasteiger partial charge in [-0.05, 0) is 35.9 Å². The minimum Gasteiger partial charge on any atom is -0.478 e. The number of sulfonamides is 1. The van der Waals surface area contributed by atoms with Gasteiger partial charge in [0.05, 0.1) is 17.0 Å². The summed E-state index contributed by atoms with van der Waals surface area (Å²) in [4.78, 5) is 10.7. The molecule has 2 aromatic carbocycles. The molecule has 0 spiro atoms. The third-order valence-corrected chi connectivity index (χ3v) is 3.92. The molecule has 0 fully saturated rings. The van der Waals surface area contributed by atoms with E-state index in [1.54, 1.807) is 0 Å². The number of halogens is 1. The number of anilines is 1. The number of aromatic carboxylic acids is 1. The maximum Gasteiger partial charge on any atom is 0.335 e. The van der Waals surface area contributed by atoms with Gasteiger partial charge in [-0.2, -0.15) is 0 Å². The van der Waals surface area contributed by atoms with E-state index in [1.165, 1.54) is 42.5 Å². The highest BCUT2D eigenvalue weighted by molar-refractivity contribution is 7.91. The Bertz CT molecular complexity index is 757. The Morgan fingerprint density at radius 3 is 2.38 bits per heavy atom. The summed E-state index contributed by atoms with van der Waals surface area (Å²) in [6.07, 6.45) is 0. The summed E-state index contributed by atoms with van der Waals surface area (Å²) in [6, 6.07) is 10.6. The average molecular weight is 309 g/mol. The van der Waals surface area contributed by atoms with Gasteiger partial charge in [0.1, 0.15) is 5.82 Å². The Hall–Kier alpha value is -2.41. The first-order valence-corrected chi connectivity index (χ1v) is 7.59. The van der Waals surface area contributed by atoms with E-state index in [1.807, 2.05) is 0 Å². The summed E-state index contributed by atoms with van der Waals surface area (Å²) in [5.74, 6) is -1.95. The van der Waals surface area contributed by atoms with Crippen molar-refractivity contribution in [1.29, 1.82) is 0 Å². The van der Waals surface area contributed by atoms with E-state index in [2.05, 4.69) is 4.72 Å². The number of rotatable bonds is 5. The first kappa shape index (κ1) is 15.0. The molecule has 0 aliphatic carbocycles. The third kappa shape index (κ3) is 4.28. The maximum atomic E-state index is 13.0. The zero-order chi connectivity index (χ0) is 15.5. The maximum absolute atomic E-state index is 13.0. The molecule has 0 atom stereocenters. The highest BCUT2D eigenvalue weighted by Gasteiger charge is 2.12. The first-order chi connectivity index (χ1) is 9.85. The fraction of sp³-hybridized carbons (Fsp3) is 0.0714. The zero-order valence-corrected chi connectivity index (χ0v) is 11.6. The number of hydrogen-bond donors (Lipinski definition) is 2. The van der Waals surface area contributed by atoms with E-state index in [-0.39, 0.29) is 17.0 Å². The summed E-state index contributed by atoms with van der Waals surface area (Å²) in [5.41, 5.74) is 0.648. The molecule has 5 nitrogen and oxygen atoms in total. The molecule has 0 saturated heterocycles. The molecule has 2 rings (SSSR count). The lowest BCUT2D eigenvalue weighted by atomic mass is 10.1. The molecule has 0 radical (unpaired) electrons. The van der Waals surface area contributed by atoms with Crippen LogP contribution in [0.2, 0.25) is 0 Å². The van der Waals surface area contributed by atoms with Crippen LogP contribution < -0.4 is 4.72 Å². The molecular weight excluding hydrogens is 297 g/mol. The van der Waals surface area contributed by atoms with Crippen molar-refractivity contribution >= 4 is 21.7 Å². The predicted molar refractivity (Wildman–Crippen MR) is 76.0 cm³/mol. The Kier molecular flexibility index (Phi) is 4.23. The van der Waals surface area contributed by atoms with Gasteiger partial charge in [0.25, 0.3) is 0 Å². The molecule has 0 aliphatic heterocycles. The van der Waals surface area contributed by atoms with Crippen LogP contribution in [0.3, 0.4) is 0 Å². The fourth-order valence-corrected chi connectivity index (χ4v) is 2.92. The number of hydrogen-bond acceptors (Lipinski definition) is 3. The van der Waals surface area contributed by atoms with Crippen LogP contribution in [0.1, 0.15) is 15.9 Å². The molecule has 0 amide bonds. The molecule has 7 heteroatoms. The van der Waals surface area contributed by atoms with Crippen LogP contribution in [0.4, 0.5) is 10.1 Å². The van der Waals surface area contributed by atoms with Crippen molar-refractivity contribution in [2.24, 2.45) is 0 Å². The van der Waals surface area contributed by atoms with E-state index in [0.29, 0.717) is 5.56 Å². The predicted octanol–water partition coefficient (Wildman–Crippen LogP) is 2.47. The van der Waals surface area contributed by atoms with Crippen molar-refractivity contribution in [1.82, 2.24) is 0 Å². The molecule has 0 heterocycles. The first-order valence-electron chi connectivity index (χ1n) is 5.94. The van der Waals surface area contributed by atoms with Gasteiger partial charge in [-0.3, -0.25) is 4.72 Å². The quantitative estimate of drug-likeness (QED) is 0.888. The molecular formula is C14H12FNO4S. The summed E-state index contributed by atoms with van der Waals surface area (Å²) >= 11 is 0. The van der Waals surface area contributed by atoms with Gasteiger partial charge in [0, 0.05) is 0 Å². The standard InChI is InChI=1S/C14H12FNO4S/c15-12-2-1-3-13(8-12)16-21(19,20)9-10-4-6-11(7-5-10)14(17)18/h1-8,16H,9H2,(H,17,18). The number of benzene rings is 2. The van der Waals surface area contributed by atoms with Crippen LogP contribution in [0.15, 0.2) is 48.5 Å². The van der Waals surface area contributed by atoms with E-state index in [4.69, 9.17) is 5.11 Å². The lowest BCUT2D eigenvalue weighted by Crippen LogP contribution is -2.15. The molecule has 0 saturated carbocycles. The summed E-state index contributed by atoms with van der Waals surface area (Å²) in [7, 11) is -3.70. The second-order valence-corrected chi connectivity index (χ2v) is 6.10. The number of nitrogens with one attached hydrogen (secondary N) is 1. The third-order valence-electron chi connectivity index (χ3n) is 2.66. The normalized spacial score (nSPS) is 11.1. The SMILES string of the molecule is O=C(O)c1ccc(CS(=O)(=O)Nc2cccc(F)c2)cc1. The highest BCUT2D eigenvalue weighted by Crippen LogP contribution is 2.14. The molecule has 0 unspecified atom stereocenters. The van der Waals surface area contributed by atoms with Crippen molar-refractivity contribution in [3.63, 3.8) is 0 Å². The molecule has 0 aliphatic rings. The molecule has 110 valence electrons. The van der Waals surface area contributed by atoms with Gasteiger partial charge in [-0.25, -0.2) is 17.6 Å². The minimum atomic E-state index is -3.70. The minimum absolute atomic E-state index is 0.0780. The smallest absolute Gasteiger partial charge is 0.335 e. The second kappa shape index (κ2) is 5.92. The highest BCUT2D eigenvalue weighted by atomic mass is 32.2. The van der Waals surface area contributed by atoms with Gasteiger partial charge in [-0.15, -0.1) is 0 Å². The molecule has 2 aromatic rings. The number of carbonyl (C=O) groups is 1. The van der Waals surface area contributed by atoms with Gasteiger partial charge in [0.15, 0.2) is 0 Å². The van der Waals surface area contributed by atoms with Gasteiger partial charge < -0.3 is 5.11 Å². The summed E-state index contributed by atoms with van der Waals surface area (Å²) < 4.78 is 39.2. The second-order valence-electron chi connectivity index (χ2n) is 4.37. The van der Waals surface area contributed by atoms with Crippen LogP contribution in [0, 0.1) is 5.82 Å². The number of carboxylic acids is 1. The molecule has 21 heavy (non-hydrogen) atoms. The van der Waals surface area contributed by atoms with Crippen LogP contribution >= 0.6 is 0 Å². The van der Waals surface area contributed by atoms with Crippen LogP contribution in [0.5, 0.6) is 0 Å². The zero-order valence-electron chi connectivity index (χ0n) is 10.8. The van der Waals surface area contributed by atoms with E-state index >= 15 is 0 Å². The Morgan fingerprint density at radius 1 is 1.14 bits per heavy atom. The molecule has 0 aromatic heterocycles. The van der Waals surface area contributed by atoms with E-state index in [9.17, 15) is 17.6 Å². The summed E-state index contributed by atoms with van der Waals surface area (Å²) in [6.45, 7) is 0. The van der Waals surface area contributed by atoms with Crippen LogP contribution in [0.25, 0.3) is 0 Å². The topological polar surface area (TPSA) is 83.5 Å². The van der Waals surface area contributed by atoms with Gasteiger partial charge in [-0.1, -0.05) is 18.2 Å². The van der Waals surface area contributed by atoms with Crippen molar-refractivity contribution < 1.29 is 22.7 Å². The molecule has 0 bridgehead atoms. The monoisotopic (exact) mass is 309 g/mol.